The van der Waals surface area contributed by atoms with Crippen molar-refractivity contribution >= 4 is 46.6 Å². The first-order valence-corrected chi connectivity index (χ1v) is 9.80. The summed E-state index contributed by atoms with van der Waals surface area (Å²) in [6, 6.07) is 14.8. The second-order valence-corrected chi connectivity index (χ2v) is 7.38. The molecule has 0 aliphatic carbocycles. The van der Waals surface area contributed by atoms with Crippen molar-refractivity contribution in [3.05, 3.63) is 88.2 Å². The molecule has 30 heavy (non-hydrogen) atoms. The number of thiocarbonyl (C=S) groups is 1. The number of para-hydroxylation sites is 1. The van der Waals surface area contributed by atoms with Crippen LogP contribution in [-0.2, 0) is 11.4 Å². The van der Waals surface area contributed by atoms with Crippen LogP contribution in [0.1, 0.15) is 17.1 Å². The second-order valence-electron chi connectivity index (χ2n) is 6.58. The largest absolute Gasteiger partial charge is 0.484 e. The number of aryl methyl sites for hydroxylation is 1. The van der Waals surface area contributed by atoms with Gasteiger partial charge in [-0.3, -0.25) is 9.69 Å². The van der Waals surface area contributed by atoms with E-state index in [-0.39, 0.29) is 17.5 Å². The standard InChI is InChI=1S/C22H16ClFN2O3S/c1-13-4-2-3-5-19(13)26-21(27)18(25-22(26)30)11-15-7-8-16(29-15)12-28-20-9-6-14(24)10-17(20)23/h2-11H,12H2,1H3,(H,25,30)/b18-11+. The molecule has 8 heteroatoms. The summed E-state index contributed by atoms with van der Waals surface area (Å²) in [5.74, 6) is 0.628. The van der Waals surface area contributed by atoms with Crippen molar-refractivity contribution in [2.45, 2.75) is 13.5 Å². The highest BCUT2D eigenvalue weighted by molar-refractivity contribution is 7.80. The lowest BCUT2D eigenvalue weighted by Gasteiger charge is -2.16. The predicted octanol–water partition coefficient (Wildman–Crippen LogP) is 5.22. The lowest BCUT2D eigenvalue weighted by Crippen LogP contribution is -2.30. The van der Waals surface area contributed by atoms with Crippen molar-refractivity contribution in [2.24, 2.45) is 0 Å². The van der Waals surface area contributed by atoms with E-state index in [0.29, 0.717) is 28.1 Å². The summed E-state index contributed by atoms with van der Waals surface area (Å²) in [6.07, 6.45) is 1.58. The Hall–Kier alpha value is -3.16. The number of hydrogen-bond acceptors (Lipinski definition) is 4. The molecular formula is C22H16ClFN2O3S. The van der Waals surface area contributed by atoms with Crippen LogP contribution >= 0.6 is 23.8 Å². The molecule has 3 aromatic rings. The number of anilines is 1. The van der Waals surface area contributed by atoms with Gasteiger partial charge >= 0.3 is 0 Å². The molecule has 1 fully saturated rings. The van der Waals surface area contributed by atoms with E-state index in [1.807, 2.05) is 31.2 Å². The normalized spacial score (nSPS) is 15.0. The average molecular weight is 443 g/mol. The Balaban J connectivity index is 1.48. The van der Waals surface area contributed by atoms with Crippen LogP contribution in [0, 0.1) is 12.7 Å². The van der Waals surface area contributed by atoms with Gasteiger partial charge in [-0.25, -0.2) is 4.39 Å². The van der Waals surface area contributed by atoms with Crippen molar-refractivity contribution in [1.82, 2.24) is 5.32 Å². The summed E-state index contributed by atoms with van der Waals surface area (Å²) >= 11 is 11.3. The fourth-order valence-electron chi connectivity index (χ4n) is 3.00. The number of carbonyl (C=O) groups excluding carboxylic acids is 1. The number of carbonyl (C=O) groups is 1. The molecular weight excluding hydrogens is 427 g/mol. The van der Waals surface area contributed by atoms with Gasteiger partial charge in [-0.15, -0.1) is 0 Å². The highest BCUT2D eigenvalue weighted by atomic mass is 35.5. The monoisotopic (exact) mass is 442 g/mol. The minimum absolute atomic E-state index is 0.101. The number of nitrogens with one attached hydrogen (secondary N) is 1. The third kappa shape index (κ3) is 4.08. The summed E-state index contributed by atoms with van der Waals surface area (Å²) in [5.41, 5.74) is 1.98. The van der Waals surface area contributed by atoms with Gasteiger partial charge in [-0.2, -0.15) is 0 Å². The fraction of sp³-hybridized carbons (Fsp3) is 0.0909. The molecule has 0 saturated carbocycles. The van der Waals surface area contributed by atoms with E-state index in [1.165, 1.54) is 23.1 Å². The second kappa shape index (κ2) is 8.30. The van der Waals surface area contributed by atoms with E-state index < -0.39 is 5.82 Å². The summed E-state index contributed by atoms with van der Waals surface area (Å²) in [4.78, 5) is 14.3. The van der Waals surface area contributed by atoms with Crippen LogP contribution in [0.15, 0.2) is 64.7 Å². The number of amides is 1. The van der Waals surface area contributed by atoms with Gasteiger partial charge in [0.1, 0.15) is 35.4 Å². The number of halogens is 2. The lowest BCUT2D eigenvalue weighted by atomic mass is 10.2. The molecule has 1 N–H and O–H groups in total. The maximum absolute atomic E-state index is 13.1. The smallest absolute Gasteiger partial charge is 0.281 e. The van der Waals surface area contributed by atoms with Gasteiger partial charge in [0.2, 0.25) is 0 Å². The molecule has 0 bridgehead atoms. The van der Waals surface area contributed by atoms with E-state index in [0.717, 1.165) is 11.3 Å². The summed E-state index contributed by atoms with van der Waals surface area (Å²) in [6.45, 7) is 2.02. The van der Waals surface area contributed by atoms with Crippen LogP contribution in [0.2, 0.25) is 5.02 Å². The molecule has 0 unspecified atom stereocenters. The zero-order chi connectivity index (χ0) is 21.3. The summed E-state index contributed by atoms with van der Waals surface area (Å²) in [7, 11) is 0. The van der Waals surface area contributed by atoms with Crippen LogP contribution in [0.4, 0.5) is 10.1 Å². The maximum Gasteiger partial charge on any atom is 0.281 e. The molecule has 1 aromatic heterocycles. The number of hydrogen-bond donors (Lipinski definition) is 1. The topological polar surface area (TPSA) is 54.7 Å². The zero-order valence-corrected chi connectivity index (χ0v) is 17.4. The van der Waals surface area contributed by atoms with Crippen molar-refractivity contribution in [2.75, 3.05) is 4.90 Å². The van der Waals surface area contributed by atoms with Gasteiger partial charge in [0, 0.05) is 6.08 Å². The van der Waals surface area contributed by atoms with Crippen molar-refractivity contribution in [3.8, 4) is 5.75 Å². The molecule has 1 aliphatic heterocycles. The number of ether oxygens (including phenoxy) is 1. The van der Waals surface area contributed by atoms with Gasteiger partial charge in [0.15, 0.2) is 5.11 Å². The predicted molar refractivity (Wildman–Crippen MR) is 117 cm³/mol. The van der Waals surface area contributed by atoms with Gasteiger partial charge in [-0.05, 0) is 61.1 Å². The molecule has 1 amide bonds. The van der Waals surface area contributed by atoms with Crippen LogP contribution in [-0.4, -0.2) is 11.0 Å². The number of furan rings is 1. The van der Waals surface area contributed by atoms with Gasteiger partial charge in [0.05, 0.1) is 10.7 Å². The first-order valence-electron chi connectivity index (χ1n) is 9.02. The van der Waals surface area contributed by atoms with Crippen LogP contribution in [0.5, 0.6) is 5.75 Å². The number of rotatable bonds is 5. The molecule has 4 rings (SSSR count). The first kappa shape index (κ1) is 20.1. The minimum atomic E-state index is -0.439. The molecule has 5 nitrogen and oxygen atoms in total. The van der Waals surface area contributed by atoms with Gasteiger partial charge < -0.3 is 14.5 Å². The number of benzene rings is 2. The molecule has 0 radical (unpaired) electrons. The van der Waals surface area contributed by atoms with Gasteiger partial charge in [0.25, 0.3) is 5.91 Å². The Morgan fingerprint density at radius 1 is 1.23 bits per heavy atom. The quantitative estimate of drug-likeness (QED) is 0.433. The molecule has 1 aliphatic rings. The third-order valence-electron chi connectivity index (χ3n) is 4.47. The van der Waals surface area contributed by atoms with E-state index in [9.17, 15) is 9.18 Å². The van der Waals surface area contributed by atoms with Crippen molar-refractivity contribution in [3.63, 3.8) is 0 Å². The van der Waals surface area contributed by atoms with E-state index in [4.69, 9.17) is 33.0 Å². The zero-order valence-electron chi connectivity index (χ0n) is 15.8. The molecule has 2 aromatic carbocycles. The van der Waals surface area contributed by atoms with E-state index in [2.05, 4.69) is 5.32 Å². The average Bonchev–Trinajstić information content (AvgIpc) is 3.26. The fourth-order valence-corrected chi connectivity index (χ4v) is 3.51. The minimum Gasteiger partial charge on any atom is -0.484 e. The van der Waals surface area contributed by atoms with Gasteiger partial charge in [-0.1, -0.05) is 29.8 Å². The van der Waals surface area contributed by atoms with Crippen LogP contribution in [0.25, 0.3) is 6.08 Å². The highest BCUT2D eigenvalue weighted by Gasteiger charge is 2.32. The molecule has 0 spiro atoms. The van der Waals surface area contributed by atoms with E-state index in [1.54, 1.807) is 18.2 Å². The lowest BCUT2D eigenvalue weighted by molar-refractivity contribution is -0.113. The first-order chi connectivity index (χ1) is 14.4. The van der Waals surface area contributed by atoms with E-state index >= 15 is 0 Å². The van der Waals surface area contributed by atoms with Crippen molar-refractivity contribution < 1.29 is 18.3 Å². The number of nitrogens with zero attached hydrogens (tertiary/aromatic N) is 1. The summed E-state index contributed by atoms with van der Waals surface area (Å²) in [5, 5.41) is 3.41. The molecule has 0 atom stereocenters. The SMILES string of the molecule is Cc1ccccc1N1C(=O)/C(=C\c2ccc(COc3ccc(F)cc3Cl)o2)NC1=S. The highest BCUT2D eigenvalue weighted by Crippen LogP contribution is 2.27. The summed E-state index contributed by atoms with van der Waals surface area (Å²) < 4.78 is 24.4. The Bertz CT molecular complexity index is 1170. The Morgan fingerprint density at radius 3 is 2.80 bits per heavy atom. The van der Waals surface area contributed by atoms with Crippen LogP contribution in [0.3, 0.4) is 0 Å². The Kier molecular flexibility index (Phi) is 5.57. The van der Waals surface area contributed by atoms with Crippen molar-refractivity contribution in [1.29, 1.82) is 0 Å². The Morgan fingerprint density at radius 2 is 2.03 bits per heavy atom. The molecule has 152 valence electrons. The van der Waals surface area contributed by atoms with Crippen LogP contribution < -0.4 is 15.0 Å². The molecule has 1 saturated heterocycles. The third-order valence-corrected chi connectivity index (χ3v) is 5.05. The molecule has 2 heterocycles. The maximum atomic E-state index is 13.1. The Labute approximate surface area is 182 Å².